The van der Waals surface area contributed by atoms with Crippen LogP contribution >= 0.6 is 0 Å². The van der Waals surface area contributed by atoms with E-state index in [-0.39, 0.29) is 0 Å². The maximum absolute atomic E-state index is 4.31. The largest absolute Gasteiger partial charge is 0.309 e. The minimum absolute atomic E-state index is 0.383. The second-order valence-corrected chi connectivity index (χ2v) is 5.57. The maximum atomic E-state index is 4.31. The van der Waals surface area contributed by atoms with E-state index in [1.165, 1.54) is 37.1 Å². The molecule has 1 aromatic rings. The second-order valence-electron chi connectivity index (χ2n) is 5.57. The van der Waals surface area contributed by atoms with E-state index >= 15 is 0 Å². The summed E-state index contributed by atoms with van der Waals surface area (Å²) in [6.45, 7) is 6.68. The number of aromatic nitrogens is 2. The molecule has 2 unspecified atom stereocenters. The number of likely N-dealkylation sites (N-methyl/N-ethyl adjacent to an activating group) is 1. The second kappa shape index (κ2) is 5.85. The molecule has 4 nitrogen and oxygen atoms in total. The summed E-state index contributed by atoms with van der Waals surface area (Å²) in [7, 11) is 4.24. The normalized spacial score (nSPS) is 23.2. The molecule has 2 rings (SSSR count). The number of nitrogens with zero attached hydrogens (tertiary/aromatic N) is 3. The molecular weight excluding hydrogens is 224 g/mol. The summed E-state index contributed by atoms with van der Waals surface area (Å²) < 4.78 is 1.94. The Balaban J connectivity index is 1.88. The van der Waals surface area contributed by atoms with Crippen LogP contribution in [-0.2, 0) is 7.05 Å². The molecule has 1 N–H and O–H groups in total. The summed E-state index contributed by atoms with van der Waals surface area (Å²) in [6.07, 6.45) is 6.03. The van der Waals surface area contributed by atoms with E-state index in [0.717, 1.165) is 6.54 Å². The van der Waals surface area contributed by atoms with E-state index in [1.807, 2.05) is 17.9 Å². The molecule has 1 aliphatic heterocycles. The first-order chi connectivity index (χ1) is 8.59. The minimum atomic E-state index is 0.383. The molecule has 2 atom stereocenters. The molecule has 2 heterocycles. The fourth-order valence-electron chi connectivity index (χ4n) is 2.77. The number of hydrogen-bond donors (Lipinski definition) is 1. The van der Waals surface area contributed by atoms with Crippen molar-refractivity contribution in [3.8, 4) is 0 Å². The molecule has 0 saturated carbocycles. The SMILES string of the molecule is Cc1c(C(C)NCC2CCCCN2C)cnn1C. The van der Waals surface area contributed by atoms with Gasteiger partial charge < -0.3 is 10.2 Å². The van der Waals surface area contributed by atoms with Crippen molar-refractivity contribution in [3.63, 3.8) is 0 Å². The molecule has 0 spiro atoms. The fraction of sp³-hybridized carbons (Fsp3) is 0.786. The minimum Gasteiger partial charge on any atom is -0.309 e. The first-order valence-electron chi connectivity index (χ1n) is 7.01. The number of rotatable bonds is 4. The van der Waals surface area contributed by atoms with E-state index in [0.29, 0.717) is 12.1 Å². The van der Waals surface area contributed by atoms with Gasteiger partial charge in [-0.05, 0) is 40.3 Å². The Hall–Kier alpha value is -0.870. The summed E-state index contributed by atoms with van der Waals surface area (Å²) in [5.74, 6) is 0. The molecule has 1 fully saturated rings. The van der Waals surface area contributed by atoms with Gasteiger partial charge in [0, 0.05) is 36.9 Å². The van der Waals surface area contributed by atoms with Gasteiger partial charge >= 0.3 is 0 Å². The lowest BCUT2D eigenvalue weighted by molar-refractivity contribution is 0.178. The average molecular weight is 250 g/mol. The average Bonchev–Trinajstić information content (AvgIpc) is 2.69. The first kappa shape index (κ1) is 13.6. The maximum Gasteiger partial charge on any atom is 0.0540 e. The fourth-order valence-corrected chi connectivity index (χ4v) is 2.77. The van der Waals surface area contributed by atoms with E-state index < -0.39 is 0 Å². The van der Waals surface area contributed by atoms with Crippen molar-refractivity contribution in [3.05, 3.63) is 17.5 Å². The van der Waals surface area contributed by atoms with Crippen molar-refractivity contribution in [2.24, 2.45) is 7.05 Å². The Labute approximate surface area is 110 Å². The number of likely N-dealkylation sites (tertiary alicyclic amines) is 1. The molecule has 0 bridgehead atoms. The van der Waals surface area contributed by atoms with Gasteiger partial charge in [0.05, 0.1) is 6.20 Å². The summed E-state index contributed by atoms with van der Waals surface area (Å²) in [6, 6.07) is 1.08. The third kappa shape index (κ3) is 2.93. The van der Waals surface area contributed by atoms with Crippen LogP contribution in [0, 0.1) is 6.92 Å². The van der Waals surface area contributed by atoms with Crippen molar-refractivity contribution in [1.82, 2.24) is 20.0 Å². The van der Waals surface area contributed by atoms with E-state index in [1.54, 1.807) is 0 Å². The summed E-state index contributed by atoms with van der Waals surface area (Å²) in [4.78, 5) is 2.49. The van der Waals surface area contributed by atoms with Gasteiger partial charge in [-0.1, -0.05) is 6.42 Å². The lowest BCUT2D eigenvalue weighted by Crippen LogP contribution is -2.43. The zero-order valence-electron chi connectivity index (χ0n) is 12.1. The number of piperidine rings is 1. The van der Waals surface area contributed by atoms with Gasteiger partial charge in [0.25, 0.3) is 0 Å². The molecule has 4 heteroatoms. The zero-order valence-corrected chi connectivity index (χ0v) is 12.1. The van der Waals surface area contributed by atoms with Gasteiger partial charge in [-0.25, -0.2) is 0 Å². The number of hydrogen-bond acceptors (Lipinski definition) is 3. The third-order valence-electron chi connectivity index (χ3n) is 4.32. The van der Waals surface area contributed by atoms with Crippen LogP contribution in [0.4, 0.5) is 0 Å². The van der Waals surface area contributed by atoms with Crippen LogP contribution in [0.25, 0.3) is 0 Å². The third-order valence-corrected chi connectivity index (χ3v) is 4.32. The molecule has 0 aromatic carbocycles. The Bertz CT molecular complexity index is 385. The van der Waals surface area contributed by atoms with Crippen molar-refractivity contribution < 1.29 is 0 Å². The first-order valence-corrected chi connectivity index (χ1v) is 7.01. The standard InChI is InChI=1S/C14H26N4/c1-11(14-10-16-18(4)12(14)2)15-9-13-7-5-6-8-17(13)3/h10-11,13,15H,5-9H2,1-4H3. The van der Waals surface area contributed by atoms with Gasteiger partial charge in [0.15, 0.2) is 0 Å². The Morgan fingerprint density at radius 1 is 1.44 bits per heavy atom. The smallest absolute Gasteiger partial charge is 0.0540 e. The van der Waals surface area contributed by atoms with Crippen LogP contribution in [-0.4, -0.2) is 40.9 Å². The predicted molar refractivity (Wildman–Crippen MR) is 74.6 cm³/mol. The molecule has 1 saturated heterocycles. The molecule has 1 aromatic heterocycles. The van der Waals surface area contributed by atoms with Crippen LogP contribution in [0.15, 0.2) is 6.20 Å². The van der Waals surface area contributed by atoms with Crippen molar-refractivity contribution in [1.29, 1.82) is 0 Å². The topological polar surface area (TPSA) is 33.1 Å². The van der Waals surface area contributed by atoms with E-state index in [4.69, 9.17) is 0 Å². The summed E-state index contributed by atoms with van der Waals surface area (Å²) in [5, 5.41) is 7.97. The van der Waals surface area contributed by atoms with Crippen LogP contribution in [0.5, 0.6) is 0 Å². The Kier molecular flexibility index (Phi) is 4.40. The summed E-state index contributed by atoms with van der Waals surface area (Å²) in [5.41, 5.74) is 2.57. The molecule has 102 valence electrons. The quantitative estimate of drug-likeness (QED) is 0.885. The van der Waals surface area contributed by atoms with Gasteiger partial charge in [-0.15, -0.1) is 0 Å². The van der Waals surface area contributed by atoms with Crippen LogP contribution in [0.2, 0.25) is 0 Å². The van der Waals surface area contributed by atoms with Gasteiger partial charge in [-0.3, -0.25) is 4.68 Å². The Morgan fingerprint density at radius 2 is 2.22 bits per heavy atom. The van der Waals surface area contributed by atoms with Gasteiger partial charge in [0.2, 0.25) is 0 Å². The number of nitrogens with one attached hydrogen (secondary N) is 1. The van der Waals surface area contributed by atoms with Gasteiger partial charge in [-0.2, -0.15) is 5.10 Å². The molecule has 0 radical (unpaired) electrons. The lowest BCUT2D eigenvalue weighted by Gasteiger charge is -2.33. The van der Waals surface area contributed by atoms with E-state index in [9.17, 15) is 0 Å². The van der Waals surface area contributed by atoms with Crippen LogP contribution in [0.1, 0.15) is 43.5 Å². The molecule has 0 amide bonds. The number of aryl methyl sites for hydroxylation is 1. The molecule has 1 aliphatic rings. The zero-order chi connectivity index (χ0) is 13.1. The van der Waals surface area contributed by atoms with Crippen LogP contribution in [0.3, 0.4) is 0 Å². The molecule has 18 heavy (non-hydrogen) atoms. The van der Waals surface area contributed by atoms with Gasteiger partial charge in [0.1, 0.15) is 0 Å². The highest BCUT2D eigenvalue weighted by Gasteiger charge is 2.20. The van der Waals surface area contributed by atoms with Crippen molar-refractivity contribution >= 4 is 0 Å². The molecular formula is C14H26N4. The van der Waals surface area contributed by atoms with E-state index in [2.05, 4.69) is 36.2 Å². The van der Waals surface area contributed by atoms with Crippen molar-refractivity contribution in [2.75, 3.05) is 20.1 Å². The lowest BCUT2D eigenvalue weighted by atomic mass is 10.0. The van der Waals surface area contributed by atoms with Crippen LogP contribution < -0.4 is 5.32 Å². The predicted octanol–water partition coefficient (Wildman–Crippen LogP) is 1.86. The highest BCUT2D eigenvalue weighted by molar-refractivity contribution is 5.19. The highest BCUT2D eigenvalue weighted by atomic mass is 15.3. The monoisotopic (exact) mass is 250 g/mol. The highest BCUT2D eigenvalue weighted by Crippen LogP contribution is 2.18. The molecule has 0 aliphatic carbocycles. The Morgan fingerprint density at radius 3 is 2.83 bits per heavy atom. The summed E-state index contributed by atoms with van der Waals surface area (Å²) >= 11 is 0. The van der Waals surface area contributed by atoms with Crippen molar-refractivity contribution in [2.45, 2.75) is 45.2 Å².